The molecule has 0 unspecified atom stereocenters. The molecule has 1 fully saturated rings. The molecule has 2 heterocycles. The number of aryl methyl sites for hydroxylation is 1. The molecular weight excluding hydrogens is 215 g/mol. The molecule has 0 bridgehead atoms. The van der Waals surface area contributed by atoms with E-state index in [-0.39, 0.29) is 5.82 Å². The lowest BCUT2D eigenvalue weighted by molar-refractivity contribution is 0.447. The SMILES string of the molecule is Cn1c(C2CCNCC2)cc2cc(F)ccc21. The van der Waals surface area contributed by atoms with E-state index in [9.17, 15) is 4.39 Å². The van der Waals surface area contributed by atoms with Gasteiger partial charge in [0.2, 0.25) is 0 Å². The van der Waals surface area contributed by atoms with Gasteiger partial charge in [-0.15, -0.1) is 0 Å². The fourth-order valence-electron chi connectivity index (χ4n) is 2.85. The van der Waals surface area contributed by atoms with Gasteiger partial charge in [0.15, 0.2) is 0 Å². The van der Waals surface area contributed by atoms with E-state index in [0.717, 1.165) is 24.0 Å². The third-order valence-electron chi connectivity index (χ3n) is 3.80. The highest BCUT2D eigenvalue weighted by molar-refractivity contribution is 5.81. The molecule has 17 heavy (non-hydrogen) atoms. The number of rotatable bonds is 1. The Kier molecular flexibility index (Phi) is 2.63. The lowest BCUT2D eigenvalue weighted by Gasteiger charge is -2.23. The smallest absolute Gasteiger partial charge is 0.123 e. The number of aromatic nitrogens is 1. The van der Waals surface area contributed by atoms with E-state index in [1.807, 2.05) is 6.07 Å². The van der Waals surface area contributed by atoms with Crippen molar-refractivity contribution in [2.75, 3.05) is 13.1 Å². The summed E-state index contributed by atoms with van der Waals surface area (Å²) in [5, 5.41) is 4.39. The molecule has 0 amide bonds. The third kappa shape index (κ3) is 1.84. The summed E-state index contributed by atoms with van der Waals surface area (Å²) in [6, 6.07) is 7.18. The van der Waals surface area contributed by atoms with Crippen molar-refractivity contribution in [3.05, 3.63) is 35.8 Å². The molecule has 1 aliphatic heterocycles. The first-order chi connectivity index (χ1) is 8.25. The van der Waals surface area contributed by atoms with Gasteiger partial charge in [0.1, 0.15) is 5.82 Å². The van der Waals surface area contributed by atoms with E-state index in [4.69, 9.17) is 0 Å². The van der Waals surface area contributed by atoms with E-state index < -0.39 is 0 Å². The Bertz CT molecular complexity index is 538. The van der Waals surface area contributed by atoms with Crippen LogP contribution in [0.25, 0.3) is 10.9 Å². The Morgan fingerprint density at radius 2 is 2.00 bits per heavy atom. The Labute approximate surface area is 100 Å². The summed E-state index contributed by atoms with van der Waals surface area (Å²) < 4.78 is 15.4. The van der Waals surface area contributed by atoms with Crippen molar-refractivity contribution in [1.29, 1.82) is 0 Å². The first-order valence-electron chi connectivity index (χ1n) is 6.21. The predicted molar refractivity (Wildman–Crippen MR) is 67.7 cm³/mol. The van der Waals surface area contributed by atoms with Crippen molar-refractivity contribution in [3.63, 3.8) is 0 Å². The molecule has 0 radical (unpaired) electrons. The van der Waals surface area contributed by atoms with E-state index in [0.29, 0.717) is 5.92 Å². The molecule has 1 aliphatic rings. The van der Waals surface area contributed by atoms with Crippen LogP contribution < -0.4 is 5.32 Å². The first-order valence-corrected chi connectivity index (χ1v) is 6.21. The van der Waals surface area contributed by atoms with Crippen LogP contribution in [0.4, 0.5) is 4.39 Å². The molecular formula is C14H17FN2. The zero-order valence-electron chi connectivity index (χ0n) is 10.0. The van der Waals surface area contributed by atoms with Crippen LogP contribution in [0.15, 0.2) is 24.3 Å². The Balaban J connectivity index is 2.07. The standard InChI is InChI=1S/C14H17FN2/c1-17-13-3-2-12(15)8-11(13)9-14(17)10-4-6-16-7-5-10/h2-3,8-10,16H,4-7H2,1H3. The van der Waals surface area contributed by atoms with Crippen LogP contribution in [0.5, 0.6) is 0 Å². The largest absolute Gasteiger partial charge is 0.347 e. The van der Waals surface area contributed by atoms with Crippen LogP contribution >= 0.6 is 0 Å². The van der Waals surface area contributed by atoms with Gasteiger partial charge in [0.05, 0.1) is 0 Å². The highest BCUT2D eigenvalue weighted by atomic mass is 19.1. The first kappa shape index (κ1) is 10.8. The normalized spacial score (nSPS) is 17.8. The van der Waals surface area contributed by atoms with Crippen molar-refractivity contribution in [2.24, 2.45) is 7.05 Å². The summed E-state index contributed by atoms with van der Waals surface area (Å²) >= 11 is 0. The molecule has 0 spiro atoms. The summed E-state index contributed by atoms with van der Waals surface area (Å²) in [7, 11) is 2.08. The summed E-state index contributed by atoms with van der Waals surface area (Å²) in [5.41, 5.74) is 2.46. The minimum atomic E-state index is -0.153. The molecule has 0 saturated carbocycles. The number of piperidine rings is 1. The second kappa shape index (κ2) is 4.15. The molecule has 1 saturated heterocycles. The summed E-state index contributed by atoms with van der Waals surface area (Å²) in [6.45, 7) is 2.17. The fraction of sp³-hybridized carbons (Fsp3) is 0.429. The topological polar surface area (TPSA) is 17.0 Å². The average Bonchev–Trinajstić information content (AvgIpc) is 2.67. The highest BCUT2D eigenvalue weighted by Gasteiger charge is 2.19. The van der Waals surface area contributed by atoms with Crippen LogP contribution in [0.1, 0.15) is 24.5 Å². The molecule has 90 valence electrons. The summed E-state index contributed by atoms with van der Waals surface area (Å²) in [4.78, 5) is 0. The number of hydrogen-bond acceptors (Lipinski definition) is 1. The molecule has 3 heteroatoms. The quantitative estimate of drug-likeness (QED) is 0.800. The second-order valence-corrected chi connectivity index (χ2v) is 4.86. The zero-order valence-corrected chi connectivity index (χ0v) is 10.0. The van der Waals surface area contributed by atoms with Crippen molar-refractivity contribution < 1.29 is 4.39 Å². The maximum absolute atomic E-state index is 13.2. The Morgan fingerprint density at radius 3 is 2.76 bits per heavy atom. The van der Waals surface area contributed by atoms with E-state index in [2.05, 4.69) is 23.0 Å². The van der Waals surface area contributed by atoms with Gasteiger partial charge < -0.3 is 9.88 Å². The van der Waals surface area contributed by atoms with Gasteiger partial charge in [-0.25, -0.2) is 4.39 Å². The van der Waals surface area contributed by atoms with Gasteiger partial charge in [0.25, 0.3) is 0 Å². The van der Waals surface area contributed by atoms with Crippen molar-refractivity contribution in [2.45, 2.75) is 18.8 Å². The van der Waals surface area contributed by atoms with Crippen LogP contribution in [-0.4, -0.2) is 17.7 Å². The lowest BCUT2D eigenvalue weighted by atomic mass is 9.94. The van der Waals surface area contributed by atoms with Crippen LogP contribution in [0.2, 0.25) is 0 Å². The van der Waals surface area contributed by atoms with Crippen molar-refractivity contribution in [3.8, 4) is 0 Å². The van der Waals surface area contributed by atoms with Crippen LogP contribution in [0.3, 0.4) is 0 Å². The van der Waals surface area contributed by atoms with Gasteiger partial charge in [-0.2, -0.15) is 0 Å². The van der Waals surface area contributed by atoms with Crippen LogP contribution in [-0.2, 0) is 7.05 Å². The number of fused-ring (bicyclic) bond motifs is 1. The second-order valence-electron chi connectivity index (χ2n) is 4.86. The van der Waals surface area contributed by atoms with Gasteiger partial charge in [-0.3, -0.25) is 0 Å². The Hall–Kier alpha value is -1.35. The summed E-state index contributed by atoms with van der Waals surface area (Å²) in [5.74, 6) is 0.455. The number of halogens is 1. The number of benzene rings is 1. The van der Waals surface area contributed by atoms with E-state index in [1.54, 1.807) is 6.07 Å². The third-order valence-corrected chi connectivity index (χ3v) is 3.80. The van der Waals surface area contributed by atoms with Gasteiger partial charge in [-0.05, 0) is 50.2 Å². The minimum absolute atomic E-state index is 0.153. The molecule has 2 nitrogen and oxygen atoms in total. The van der Waals surface area contributed by atoms with Gasteiger partial charge in [-0.1, -0.05) is 0 Å². The molecule has 1 N–H and O–H groups in total. The van der Waals surface area contributed by atoms with E-state index in [1.165, 1.54) is 24.6 Å². The molecule has 3 rings (SSSR count). The molecule has 1 aromatic carbocycles. The molecule has 0 atom stereocenters. The fourth-order valence-corrected chi connectivity index (χ4v) is 2.85. The number of nitrogens with one attached hydrogen (secondary N) is 1. The number of hydrogen-bond donors (Lipinski definition) is 1. The molecule has 1 aromatic heterocycles. The highest BCUT2D eigenvalue weighted by Crippen LogP contribution is 2.30. The van der Waals surface area contributed by atoms with Crippen molar-refractivity contribution in [1.82, 2.24) is 9.88 Å². The number of nitrogens with zero attached hydrogens (tertiary/aromatic N) is 1. The maximum atomic E-state index is 13.2. The molecule has 0 aliphatic carbocycles. The minimum Gasteiger partial charge on any atom is -0.347 e. The molecule has 2 aromatic rings. The average molecular weight is 232 g/mol. The van der Waals surface area contributed by atoms with Gasteiger partial charge in [0, 0.05) is 29.6 Å². The summed E-state index contributed by atoms with van der Waals surface area (Å²) in [6.07, 6.45) is 2.35. The van der Waals surface area contributed by atoms with E-state index >= 15 is 0 Å². The van der Waals surface area contributed by atoms with Gasteiger partial charge >= 0.3 is 0 Å². The Morgan fingerprint density at radius 1 is 1.24 bits per heavy atom. The monoisotopic (exact) mass is 232 g/mol. The lowest BCUT2D eigenvalue weighted by Crippen LogP contribution is -2.27. The van der Waals surface area contributed by atoms with Crippen LogP contribution in [0, 0.1) is 5.82 Å². The maximum Gasteiger partial charge on any atom is 0.123 e. The zero-order chi connectivity index (χ0) is 11.8. The van der Waals surface area contributed by atoms with Crippen molar-refractivity contribution >= 4 is 10.9 Å². The predicted octanol–water partition coefficient (Wildman–Crippen LogP) is 2.78.